The zero-order valence-electron chi connectivity index (χ0n) is 15.5. The molecule has 3 aromatic rings. The highest BCUT2D eigenvalue weighted by Gasteiger charge is 2.08. The number of rotatable bonds is 7. The molecule has 0 saturated heterocycles. The SMILES string of the molecule is CC(=O)Nc1cccc(NC(=O)c2cnc(NCCc3ccccc3)nc2)c1. The van der Waals surface area contributed by atoms with Gasteiger partial charge in [0, 0.05) is 37.2 Å². The Morgan fingerprint density at radius 3 is 2.25 bits per heavy atom. The van der Waals surface area contributed by atoms with Crippen molar-refractivity contribution >= 4 is 29.1 Å². The third-order valence-corrected chi connectivity index (χ3v) is 3.89. The van der Waals surface area contributed by atoms with E-state index in [0.717, 1.165) is 6.42 Å². The molecular formula is C21H21N5O2. The van der Waals surface area contributed by atoms with Crippen molar-refractivity contribution in [1.82, 2.24) is 9.97 Å². The third-order valence-electron chi connectivity index (χ3n) is 3.89. The van der Waals surface area contributed by atoms with Crippen LogP contribution < -0.4 is 16.0 Å². The van der Waals surface area contributed by atoms with Gasteiger partial charge in [0.05, 0.1) is 5.56 Å². The first-order valence-corrected chi connectivity index (χ1v) is 8.89. The minimum Gasteiger partial charge on any atom is -0.354 e. The second-order valence-corrected chi connectivity index (χ2v) is 6.17. The van der Waals surface area contributed by atoms with Crippen molar-refractivity contribution in [3.63, 3.8) is 0 Å². The van der Waals surface area contributed by atoms with Crippen LogP contribution >= 0.6 is 0 Å². The molecule has 1 aromatic heterocycles. The summed E-state index contributed by atoms with van der Waals surface area (Å²) < 4.78 is 0. The van der Waals surface area contributed by atoms with Gasteiger partial charge in [-0.3, -0.25) is 9.59 Å². The minimum absolute atomic E-state index is 0.174. The molecular weight excluding hydrogens is 354 g/mol. The third kappa shape index (κ3) is 5.63. The Morgan fingerprint density at radius 1 is 0.893 bits per heavy atom. The van der Waals surface area contributed by atoms with Crippen molar-refractivity contribution in [3.05, 3.63) is 78.1 Å². The lowest BCUT2D eigenvalue weighted by Gasteiger charge is -2.08. The van der Waals surface area contributed by atoms with Gasteiger partial charge in [-0.05, 0) is 30.2 Å². The molecule has 7 nitrogen and oxygen atoms in total. The monoisotopic (exact) mass is 375 g/mol. The molecule has 0 saturated carbocycles. The van der Waals surface area contributed by atoms with Gasteiger partial charge in [-0.1, -0.05) is 36.4 Å². The number of carbonyl (C=O) groups excluding carboxylic acids is 2. The van der Waals surface area contributed by atoms with Gasteiger partial charge in [-0.15, -0.1) is 0 Å². The maximum atomic E-state index is 12.4. The Balaban J connectivity index is 1.54. The smallest absolute Gasteiger partial charge is 0.258 e. The summed E-state index contributed by atoms with van der Waals surface area (Å²) in [4.78, 5) is 31.9. The van der Waals surface area contributed by atoms with E-state index >= 15 is 0 Å². The maximum absolute atomic E-state index is 12.4. The average molecular weight is 375 g/mol. The summed E-state index contributed by atoms with van der Waals surface area (Å²) in [6.45, 7) is 2.13. The van der Waals surface area contributed by atoms with Gasteiger partial charge in [0.15, 0.2) is 0 Å². The Morgan fingerprint density at radius 2 is 1.57 bits per heavy atom. The van der Waals surface area contributed by atoms with Gasteiger partial charge < -0.3 is 16.0 Å². The van der Waals surface area contributed by atoms with Crippen LogP contribution in [0.15, 0.2) is 67.0 Å². The van der Waals surface area contributed by atoms with Crippen LogP contribution in [0.4, 0.5) is 17.3 Å². The van der Waals surface area contributed by atoms with Crippen LogP contribution in [0.25, 0.3) is 0 Å². The topological polar surface area (TPSA) is 96.0 Å². The molecule has 0 fully saturated rings. The molecule has 1 heterocycles. The van der Waals surface area contributed by atoms with Crippen molar-refractivity contribution in [3.8, 4) is 0 Å². The summed E-state index contributed by atoms with van der Waals surface area (Å²) in [5, 5.41) is 8.58. The zero-order valence-corrected chi connectivity index (χ0v) is 15.5. The molecule has 2 aromatic carbocycles. The highest BCUT2D eigenvalue weighted by Crippen LogP contribution is 2.16. The molecule has 0 aliphatic rings. The first-order chi connectivity index (χ1) is 13.6. The van der Waals surface area contributed by atoms with E-state index < -0.39 is 0 Å². The molecule has 0 aliphatic heterocycles. The van der Waals surface area contributed by atoms with Crippen molar-refractivity contribution in [2.75, 3.05) is 22.5 Å². The van der Waals surface area contributed by atoms with Crippen molar-refractivity contribution < 1.29 is 9.59 Å². The number of nitrogens with zero attached hydrogens (tertiary/aromatic N) is 2. The molecule has 0 atom stereocenters. The second-order valence-electron chi connectivity index (χ2n) is 6.17. The average Bonchev–Trinajstić information content (AvgIpc) is 2.69. The van der Waals surface area contributed by atoms with E-state index in [1.165, 1.54) is 24.9 Å². The molecule has 0 aliphatic carbocycles. The quantitative estimate of drug-likeness (QED) is 0.589. The normalized spacial score (nSPS) is 10.2. The lowest BCUT2D eigenvalue weighted by Crippen LogP contribution is -2.14. The standard InChI is InChI=1S/C21H21N5O2/c1-15(27)25-18-8-5-9-19(12-18)26-20(28)17-13-23-21(24-14-17)22-11-10-16-6-3-2-4-7-16/h2-9,12-14H,10-11H2,1H3,(H,25,27)(H,26,28)(H,22,23,24). The fourth-order valence-corrected chi connectivity index (χ4v) is 2.58. The van der Waals surface area contributed by atoms with Crippen LogP contribution in [0, 0.1) is 0 Å². The Labute approximate surface area is 163 Å². The molecule has 0 bridgehead atoms. The summed E-state index contributed by atoms with van der Waals surface area (Å²) in [5.74, 6) is -0.0248. The second kappa shape index (κ2) is 9.27. The summed E-state index contributed by atoms with van der Waals surface area (Å²) in [7, 11) is 0. The van der Waals surface area contributed by atoms with Crippen LogP contribution in [0.3, 0.4) is 0 Å². The van der Waals surface area contributed by atoms with E-state index in [9.17, 15) is 9.59 Å². The Hall–Kier alpha value is -3.74. The molecule has 0 unspecified atom stereocenters. The number of benzene rings is 2. The number of carbonyl (C=O) groups is 2. The van der Waals surface area contributed by atoms with Crippen molar-refractivity contribution in [1.29, 1.82) is 0 Å². The van der Waals surface area contributed by atoms with Crippen LogP contribution in [-0.4, -0.2) is 28.3 Å². The number of aromatic nitrogens is 2. The molecule has 3 rings (SSSR count). The fourth-order valence-electron chi connectivity index (χ4n) is 2.58. The molecule has 2 amide bonds. The van der Waals surface area contributed by atoms with E-state index in [1.54, 1.807) is 24.3 Å². The number of amides is 2. The molecule has 142 valence electrons. The van der Waals surface area contributed by atoms with Crippen molar-refractivity contribution in [2.45, 2.75) is 13.3 Å². The molecule has 7 heteroatoms. The molecule has 3 N–H and O–H groups in total. The van der Waals surface area contributed by atoms with E-state index in [-0.39, 0.29) is 11.8 Å². The van der Waals surface area contributed by atoms with Gasteiger partial charge >= 0.3 is 0 Å². The first-order valence-electron chi connectivity index (χ1n) is 8.89. The van der Waals surface area contributed by atoms with E-state index in [0.29, 0.717) is 29.4 Å². The lowest BCUT2D eigenvalue weighted by atomic mass is 10.1. The van der Waals surface area contributed by atoms with E-state index in [4.69, 9.17) is 0 Å². The van der Waals surface area contributed by atoms with E-state index in [2.05, 4.69) is 38.1 Å². The molecule has 0 spiro atoms. The summed E-state index contributed by atoms with van der Waals surface area (Å²) in [6.07, 6.45) is 3.81. The first kappa shape index (κ1) is 19.0. The molecule has 28 heavy (non-hydrogen) atoms. The Kier molecular flexibility index (Phi) is 6.30. The highest BCUT2D eigenvalue weighted by atomic mass is 16.2. The fraction of sp³-hybridized carbons (Fsp3) is 0.143. The van der Waals surface area contributed by atoms with Crippen LogP contribution in [0.1, 0.15) is 22.8 Å². The number of hydrogen-bond donors (Lipinski definition) is 3. The summed E-state index contributed by atoms with van der Waals surface area (Å²) in [5.41, 5.74) is 2.76. The van der Waals surface area contributed by atoms with Gasteiger partial charge in [-0.2, -0.15) is 0 Å². The van der Waals surface area contributed by atoms with Gasteiger partial charge in [-0.25, -0.2) is 9.97 Å². The minimum atomic E-state index is -0.323. The number of anilines is 3. The van der Waals surface area contributed by atoms with E-state index in [1.807, 2.05) is 18.2 Å². The largest absolute Gasteiger partial charge is 0.354 e. The van der Waals surface area contributed by atoms with Gasteiger partial charge in [0.1, 0.15) is 0 Å². The maximum Gasteiger partial charge on any atom is 0.258 e. The van der Waals surface area contributed by atoms with Crippen molar-refractivity contribution in [2.24, 2.45) is 0 Å². The summed E-state index contributed by atoms with van der Waals surface area (Å²) in [6, 6.07) is 17.0. The van der Waals surface area contributed by atoms with Crippen LogP contribution in [0.5, 0.6) is 0 Å². The number of nitrogens with one attached hydrogen (secondary N) is 3. The highest BCUT2D eigenvalue weighted by molar-refractivity contribution is 6.04. The lowest BCUT2D eigenvalue weighted by molar-refractivity contribution is -0.114. The predicted molar refractivity (Wildman–Crippen MR) is 109 cm³/mol. The summed E-state index contributed by atoms with van der Waals surface area (Å²) >= 11 is 0. The van der Waals surface area contributed by atoms with Crippen LogP contribution in [-0.2, 0) is 11.2 Å². The van der Waals surface area contributed by atoms with Crippen LogP contribution in [0.2, 0.25) is 0 Å². The zero-order chi connectivity index (χ0) is 19.8. The Bertz CT molecular complexity index is 943. The van der Waals surface area contributed by atoms with Gasteiger partial charge in [0.2, 0.25) is 11.9 Å². The number of hydrogen-bond acceptors (Lipinski definition) is 5. The molecule has 0 radical (unpaired) electrons. The van der Waals surface area contributed by atoms with Gasteiger partial charge in [0.25, 0.3) is 5.91 Å². The predicted octanol–water partition coefficient (Wildman–Crippen LogP) is 3.34.